The van der Waals surface area contributed by atoms with Crippen LogP contribution in [-0.4, -0.2) is 33.4 Å². The molecule has 0 amide bonds. The summed E-state index contributed by atoms with van der Waals surface area (Å²) in [5.74, 6) is 1.38. The molecule has 0 aromatic carbocycles. The quantitative estimate of drug-likeness (QED) is 0.834. The van der Waals surface area contributed by atoms with Crippen LogP contribution < -0.4 is 0 Å². The van der Waals surface area contributed by atoms with Crippen molar-refractivity contribution in [3.05, 3.63) is 29.9 Å². The van der Waals surface area contributed by atoms with Crippen LogP contribution in [0.15, 0.2) is 23.5 Å². The Morgan fingerprint density at radius 1 is 1.12 bits per heavy atom. The summed E-state index contributed by atoms with van der Waals surface area (Å²) in [5, 5.41) is 9.89. The largest absolute Gasteiger partial charge is 0.394 e. The molecule has 26 heavy (non-hydrogen) atoms. The van der Waals surface area contributed by atoms with E-state index in [0.717, 1.165) is 42.3 Å². The molecule has 0 unspecified atom stereocenters. The van der Waals surface area contributed by atoms with E-state index >= 15 is 0 Å². The van der Waals surface area contributed by atoms with Crippen LogP contribution in [-0.2, 0) is 0 Å². The monoisotopic (exact) mass is 355 g/mol. The number of nitrogens with zero attached hydrogens (tertiary/aromatic N) is 3. The summed E-state index contributed by atoms with van der Waals surface area (Å²) in [5.41, 5.74) is 2.88. The van der Waals surface area contributed by atoms with E-state index in [1.807, 2.05) is 18.5 Å². The standard InChI is InChI=1S/C22H33N3O/c1-22(2,3)11-10-18-13-24-20(14-23-18)19-9-5-8-17(21(15-26)25-19)12-16-6-4-7-16/h10-11,13-14,16-17,21,26H,4-9,12,15H2,1-3H3/t17-,21-/m0/s1. The molecule has 3 rings (SSSR count). The second kappa shape index (κ2) is 8.43. The number of allylic oxidation sites excluding steroid dienone is 1. The minimum atomic E-state index is 0.0235. The first-order chi connectivity index (χ1) is 12.4. The number of aliphatic hydroxyl groups is 1. The molecular weight excluding hydrogens is 322 g/mol. The fourth-order valence-corrected chi connectivity index (χ4v) is 3.82. The molecule has 0 radical (unpaired) electrons. The maximum Gasteiger partial charge on any atom is 0.102 e. The highest BCUT2D eigenvalue weighted by atomic mass is 16.3. The minimum absolute atomic E-state index is 0.0235. The lowest BCUT2D eigenvalue weighted by Crippen LogP contribution is -2.27. The lowest BCUT2D eigenvalue weighted by molar-refractivity contribution is 0.176. The van der Waals surface area contributed by atoms with Gasteiger partial charge in [-0.15, -0.1) is 0 Å². The molecule has 4 heteroatoms. The predicted molar refractivity (Wildman–Crippen MR) is 107 cm³/mol. The third-order valence-corrected chi connectivity index (χ3v) is 5.62. The summed E-state index contributed by atoms with van der Waals surface area (Å²) in [4.78, 5) is 14.1. The van der Waals surface area contributed by atoms with E-state index < -0.39 is 0 Å². The molecule has 1 aliphatic carbocycles. The van der Waals surface area contributed by atoms with Crippen LogP contribution in [0, 0.1) is 17.3 Å². The summed E-state index contributed by atoms with van der Waals surface area (Å²) >= 11 is 0. The van der Waals surface area contributed by atoms with E-state index in [-0.39, 0.29) is 18.1 Å². The Morgan fingerprint density at radius 3 is 2.50 bits per heavy atom. The van der Waals surface area contributed by atoms with Gasteiger partial charge in [0.1, 0.15) is 5.69 Å². The molecule has 1 aromatic heterocycles. The van der Waals surface area contributed by atoms with Crippen molar-refractivity contribution in [3.63, 3.8) is 0 Å². The molecule has 0 bridgehead atoms. The molecule has 2 heterocycles. The fraction of sp³-hybridized carbons (Fsp3) is 0.682. The minimum Gasteiger partial charge on any atom is -0.394 e. The van der Waals surface area contributed by atoms with Gasteiger partial charge >= 0.3 is 0 Å². The summed E-state index contributed by atoms with van der Waals surface area (Å²) in [7, 11) is 0. The molecule has 0 saturated heterocycles. The molecule has 0 spiro atoms. The van der Waals surface area contributed by atoms with Crippen molar-refractivity contribution in [1.82, 2.24) is 9.97 Å². The summed E-state index contributed by atoms with van der Waals surface area (Å²) < 4.78 is 0. The van der Waals surface area contributed by atoms with Gasteiger partial charge in [-0.2, -0.15) is 0 Å². The maximum absolute atomic E-state index is 9.89. The first kappa shape index (κ1) is 19.2. The van der Waals surface area contributed by atoms with Crippen molar-refractivity contribution in [2.75, 3.05) is 6.61 Å². The molecular formula is C22H33N3O. The van der Waals surface area contributed by atoms with Gasteiger partial charge in [0.05, 0.1) is 36.4 Å². The van der Waals surface area contributed by atoms with Gasteiger partial charge in [0.25, 0.3) is 0 Å². The lowest BCUT2D eigenvalue weighted by atomic mass is 9.76. The Bertz CT molecular complexity index is 638. The Morgan fingerprint density at radius 2 is 1.92 bits per heavy atom. The van der Waals surface area contributed by atoms with Gasteiger partial charge in [0.15, 0.2) is 0 Å². The highest BCUT2D eigenvalue weighted by molar-refractivity contribution is 5.99. The van der Waals surface area contributed by atoms with Gasteiger partial charge in [-0.3, -0.25) is 15.0 Å². The van der Waals surface area contributed by atoms with Crippen molar-refractivity contribution >= 4 is 11.8 Å². The zero-order valence-corrected chi connectivity index (χ0v) is 16.5. The number of aliphatic imine (C=N–C) groups is 1. The van der Waals surface area contributed by atoms with Crippen LogP contribution in [0.1, 0.15) is 77.1 Å². The average Bonchev–Trinajstić information content (AvgIpc) is 2.78. The number of aromatic nitrogens is 2. The second-order valence-electron chi connectivity index (χ2n) is 9.04. The van der Waals surface area contributed by atoms with Crippen LogP contribution in [0.5, 0.6) is 0 Å². The normalized spacial score (nSPS) is 25.0. The molecule has 1 N–H and O–H groups in total. The summed E-state index contributed by atoms with van der Waals surface area (Å²) in [6.07, 6.45) is 16.4. The summed E-state index contributed by atoms with van der Waals surface area (Å²) in [6.45, 7) is 6.64. The number of rotatable bonds is 5. The van der Waals surface area contributed by atoms with E-state index in [1.165, 1.54) is 25.7 Å². The zero-order valence-electron chi connectivity index (χ0n) is 16.5. The Kier molecular flexibility index (Phi) is 6.23. The SMILES string of the molecule is CC(C)(C)C=Cc1cnc(C2=N[C@@H](CO)[C@H](CC3CCC3)CCC2)cn1. The number of hydrogen-bond donors (Lipinski definition) is 1. The van der Waals surface area contributed by atoms with Crippen molar-refractivity contribution < 1.29 is 5.11 Å². The molecule has 1 aromatic rings. The van der Waals surface area contributed by atoms with Gasteiger partial charge in [0, 0.05) is 0 Å². The van der Waals surface area contributed by atoms with E-state index in [1.54, 1.807) is 0 Å². The lowest BCUT2D eigenvalue weighted by Gasteiger charge is -2.31. The van der Waals surface area contributed by atoms with Crippen LogP contribution in [0.2, 0.25) is 0 Å². The first-order valence-electron chi connectivity index (χ1n) is 10.1. The Hall–Kier alpha value is -1.55. The molecule has 1 fully saturated rings. The van der Waals surface area contributed by atoms with Crippen LogP contribution in [0.4, 0.5) is 0 Å². The molecule has 1 saturated carbocycles. The smallest absolute Gasteiger partial charge is 0.102 e. The van der Waals surface area contributed by atoms with Gasteiger partial charge in [-0.1, -0.05) is 46.1 Å². The van der Waals surface area contributed by atoms with E-state index in [9.17, 15) is 5.11 Å². The molecule has 2 atom stereocenters. The maximum atomic E-state index is 9.89. The molecule has 2 aliphatic rings. The molecule has 142 valence electrons. The highest BCUT2D eigenvalue weighted by Crippen LogP contribution is 2.36. The average molecular weight is 356 g/mol. The zero-order chi connectivity index (χ0) is 18.6. The molecule has 1 aliphatic heterocycles. The van der Waals surface area contributed by atoms with Gasteiger partial charge < -0.3 is 5.11 Å². The van der Waals surface area contributed by atoms with Crippen molar-refractivity contribution in [2.24, 2.45) is 22.2 Å². The van der Waals surface area contributed by atoms with E-state index in [0.29, 0.717) is 5.92 Å². The Labute approximate surface area is 157 Å². The predicted octanol–water partition coefficient (Wildman–Crippen LogP) is 4.68. The van der Waals surface area contributed by atoms with Gasteiger partial charge in [-0.05, 0) is 49.0 Å². The number of hydrogen-bond acceptors (Lipinski definition) is 4. The second-order valence-corrected chi connectivity index (χ2v) is 9.04. The van der Waals surface area contributed by atoms with E-state index in [4.69, 9.17) is 4.99 Å². The van der Waals surface area contributed by atoms with Crippen molar-refractivity contribution in [2.45, 2.75) is 71.8 Å². The fourth-order valence-electron chi connectivity index (χ4n) is 3.82. The van der Waals surface area contributed by atoms with Crippen molar-refractivity contribution in [1.29, 1.82) is 0 Å². The van der Waals surface area contributed by atoms with Gasteiger partial charge in [0.2, 0.25) is 0 Å². The van der Waals surface area contributed by atoms with Crippen LogP contribution in [0.3, 0.4) is 0 Å². The van der Waals surface area contributed by atoms with E-state index in [2.05, 4.69) is 36.8 Å². The third-order valence-electron chi connectivity index (χ3n) is 5.62. The third kappa shape index (κ3) is 5.23. The first-order valence-corrected chi connectivity index (χ1v) is 10.1. The highest BCUT2D eigenvalue weighted by Gasteiger charge is 2.29. The topological polar surface area (TPSA) is 58.4 Å². The van der Waals surface area contributed by atoms with Gasteiger partial charge in [-0.25, -0.2) is 0 Å². The van der Waals surface area contributed by atoms with Crippen LogP contribution >= 0.6 is 0 Å². The van der Waals surface area contributed by atoms with Crippen LogP contribution in [0.25, 0.3) is 6.08 Å². The number of aliphatic hydroxyl groups excluding tert-OH is 1. The Balaban J connectivity index is 1.71. The van der Waals surface area contributed by atoms with Crippen molar-refractivity contribution in [3.8, 4) is 0 Å². The molecule has 4 nitrogen and oxygen atoms in total. The summed E-state index contributed by atoms with van der Waals surface area (Å²) in [6, 6.07) is 0.0235.